The zero-order valence-corrected chi connectivity index (χ0v) is 24.9. The number of rotatable bonds is 0. The van der Waals surface area contributed by atoms with Gasteiger partial charge in [-0.2, -0.15) is 0 Å². The average molecular weight is 587 g/mol. The third-order valence-corrected chi connectivity index (χ3v) is 11.3. The van der Waals surface area contributed by atoms with E-state index in [-0.39, 0.29) is 29.1 Å². The smallest absolute Gasteiger partial charge is 0.264 e. The number of halogens is 1. The highest BCUT2D eigenvalue weighted by Crippen LogP contribution is 2.40. The van der Waals surface area contributed by atoms with E-state index in [2.05, 4.69) is 9.62 Å². The summed E-state index contributed by atoms with van der Waals surface area (Å²) in [6, 6.07) is 11.0. The molecule has 40 heavy (non-hydrogen) atoms. The van der Waals surface area contributed by atoms with E-state index in [0.717, 1.165) is 49.9 Å². The zero-order valence-electron chi connectivity index (χ0n) is 23.3. The Kier molecular flexibility index (Phi) is 8.76. The Balaban J connectivity index is 1.53. The fourth-order valence-corrected chi connectivity index (χ4v) is 7.68. The van der Waals surface area contributed by atoms with Crippen LogP contribution < -0.4 is 14.4 Å². The number of amides is 1. The Morgan fingerprint density at radius 1 is 0.950 bits per heavy atom. The number of benzene rings is 2. The third-order valence-electron chi connectivity index (χ3n) is 9.13. The highest BCUT2D eigenvalue weighted by Gasteiger charge is 2.38. The average Bonchev–Trinajstić information content (AvgIpc) is 2.92. The zero-order chi connectivity index (χ0) is 28.4. The fourth-order valence-electron chi connectivity index (χ4n) is 6.18. The largest absolute Gasteiger partial charge is 0.487 e. The molecule has 2 heterocycles. The second-order valence-electron chi connectivity index (χ2n) is 11.7. The molecule has 5 rings (SSSR count). The van der Waals surface area contributed by atoms with E-state index in [9.17, 15) is 18.0 Å². The molecule has 0 spiro atoms. The number of hydrogen-bond donors (Lipinski definition) is 1. The van der Waals surface area contributed by atoms with Crippen LogP contribution in [0.15, 0.2) is 36.4 Å². The van der Waals surface area contributed by atoms with Crippen LogP contribution in [-0.4, -0.2) is 38.4 Å². The number of anilines is 1. The molecule has 0 saturated heterocycles. The van der Waals surface area contributed by atoms with Gasteiger partial charge in [0, 0.05) is 36.0 Å². The molecule has 1 amide bonds. The molecule has 1 fully saturated rings. The summed E-state index contributed by atoms with van der Waals surface area (Å²) in [6.45, 7) is 5.29. The van der Waals surface area contributed by atoms with Crippen LogP contribution in [0.5, 0.6) is 5.75 Å². The van der Waals surface area contributed by atoms with Crippen LogP contribution in [-0.2, 0) is 27.8 Å². The normalized spacial score (nSPS) is 27.6. The van der Waals surface area contributed by atoms with Gasteiger partial charge in [-0.25, -0.2) is 13.1 Å². The van der Waals surface area contributed by atoms with Crippen molar-refractivity contribution in [2.45, 2.75) is 77.1 Å². The SMILES string of the molecule is C[C@@H]1[C@@H](C)CCCC(=O)[C@@H]2CC[C@H]2CN2CCCCc3cc(Cl)ccc3COc3ccc(cc32)C(=O)NS1(=O)=O. The van der Waals surface area contributed by atoms with Crippen LogP contribution >= 0.6 is 11.6 Å². The number of fused-ring (bicyclic) bond motifs is 3. The van der Waals surface area contributed by atoms with Crippen molar-refractivity contribution in [2.24, 2.45) is 17.8 Å². The van der Waals surface area contributed by atoms with Gasteiger partial charge in [0.2, 0.25) is 10.0 Å². The molecule has 9 heteroatoms. The number of nitrogens with one attached hydrogen (secondary N) is 1. The summed E-state index contributed by atoms with van der Waals surface area (Å²) in [7, 11) is -3.90. The maximum atomic E-state index is 13.3. The van der Waals surface area contributed by atoms with Crippen molar-refractivity contribution in [2.75, 3.05) is 18.0 Å². The summed E-state index contributed by atoms with van der Waals surface area (Å²) in [5.74, 6) is 0.382. The summed E-state index contributed by atoms with van der Waals surface area (Å²) in [4.78, 5) is 28.7. The summed E-state index contributed by atoms with van der Waals surface area (Å²) in [5, 5.41) is -0.0562. The van der Waals surface area contributed by atoms with Crippen LogP contribution in [0, 0.1) is 17.8 Å². The van der Waals surface area contributed by atoms with Gasteiger partial charge in [-0.05, 0) is 105 Å². The number of aryl methyl sites for hydroxylation is 1. The summed E-state index contributed by atoms with van der Waals surface area (Å²) >= 11 is 6.29. The Morgan fingerprint density at radius 3 is 2.55 bits per heavy atom. The maximum Gasteiger partial charge on any atom is 0.264 e. The van der Waals surface area contributed by atoms with Gasteiger partial charge in [-0.3, -0.25) is 9.59 Å². The highest BCUT2D eigenvalue weighted by atomic mass is 35.5. The topological polar surface area (TPSA) is 92.8 Å². The number of ether oxygens (including phenoxy) is 1. The number of Topliss-reactive ketones (excluding diaryl/α,β-unsaturated/α-hetero) is 1. The van der Waals surface area contributed by atoms with Crippen molar-refractivity contribution < 1.29 is 22.7 Å². The third kappa shape index (κ3) is 6.33. The number of sulfonamides is 1. The first-order chi connectivity index (χ1) is 19.1. The van der Waals surface area contributed by atoms with Gasteiger partial charge < -0.3 is 9.64 Å². The number of nitrogens with zero attached hydrogens (tertiary/aromatic N) is 1. The van der Waals surface area contributed by atoms with Crippen molar-refractivity contribution in [3.8, 4) is 5.75 Å². The minimum absolute atomic E-state index is 0.0322. The molecule has 1 saturated carbocycles. The van der Waals surface area contributed by atoms with Gasteiger partial charge in [-0.1, -0.05) is 24.6 Å². The van der Waals surface area contributed by atoms with Gasteiger partial charge in [-0.15, -0.1) is 0 Å². The first kappa shape index (κ1) is 28.9. The quantitative estimate of drug-likeness (QED) is 0.412. The minimum atomic E-state index is -3.90. The summed E-state index contributed by atoms with van der Waals surface area (Å²) < 4.78 is 34.9. The van der Waals surface area contributed by atoms with Gasteiger partial charge >= 0.3 is 0 Å². The predicted molar refractivity (Wildman–Crippen MR) is 157 cm³/mol. The summed E-state index contributed by atoms with van der Waals surface area (Å²) in [5.41, 5.74) is 3.27. The molecule has 0 unspecified atom stereocenters. The summed E-state index contributed by atoms with van der Waals surface area (Å²) in [6.07, 6.45) is 6.40. The molecule has 2 bridgehead atoms. The first-order valence-corrected chi connectivity index (χ1v) is 16.4. The van der Waals surface area contributed by atoms with Crippen LogP contribution in [0.1, 0.15) is 80.3 Å². The maximum absolute atomic E-state index is 13.3. The van der Waals surface area contributed by atoms with Crippen LogP contribution in [0.4, 0.5) is 5.69 Å². The van der Waals surface area contributed by atoms with E-state index >= 15 is 0 Å². The van der Waals surface area contributed by atoms with E-state index in [4.69, 9.17) is 16.3 Å². The second kappa shape index (κ2) is 12.1. The Bertz CT molecular complexity index is 1380. The Labute approximate surface area is 242 Å². The van der Waals surface area contributed by atoms with Gasteiger partial charge in [0.1, 0.15) is 18.1 Å². The highest BCUT2D eigenvalue weighted by molar-refractivity contribution is 7.90. The molecule has 1 aliphatic carbocycles. The van der Waals surface area contributed by atoms with E-state index in [0.29, 0.717) is 43.2 Å². The Hall–Kier alpha value is -2.58. The molecule has 216 valence electrons. The lowest BCUT2D eigenvalue weighted by molar-refractivity contribution is -0.127. The molecule has 1 N–H and O–H groups in total. The van der Waals surface area contributed by atoms with E-state index < -0.39 is 21.2 Å². The van der Waals surface area contributed by atoms with E-state index in [1.165, 1.54) is 5.56 Å². The lowest BCUT2D eigenvalue weighted by Crippen LogP contribution is -2.43. The lowest BCUT2D eigenvalue weighted by atomic mass is 9.70. The van der Waals surface area contributed by atoms with Crippen LogP contribution in [0.2, 0.25) is 5.02 Å². The number of carbonyl (C=O) groups is 2. The predicted octanol–water partition coefficient (Wildman–Crippen LogP) is 5.93. The second-order valence-corrected chi connectivity index (χ2v) is 14.2. The van der Waals surface area contributed by atoms with E-state index in [1.807, 2.05) is 25.1 Å². The van der Waals surface area contributed by atoms with Crippen molar-refractivity contribution >= 4 is 39.0 Å². The van der Waals surface area contributed by atoms with Crippen molar-refractivity contribution in [1.29, 1.82) is 0 Å². The van der Waals surface area contributed by atoms with E-state index in [1.54, 1.807) is 25.1 Å². The van der Waals surface area contributed by atoms with Gasteiger partial charge in [0.15, 0.2) is 0 Å². The minimum Gasteiger partial charge on any atom is -0.487 e. The Morgan fingerprint density at radius 2 is 1.77 bits per heavy atom. The molecule has 0 aromatic heterocycles. The molecule has 4 atom stereocenters. The molecule has 3 aliphatic rings. The lowest BCUT2D eigenvalue weighted by Gasteiger charge is -2.40. The number of hydrogen-bond acceptors (Lipinski definition) is 6. The number of ketones is 1. The van der Waals surface area contributed by atoms with Crippen LogP contribution in [0.25, 0.3) is 0 Å². The van der Waals surface area contributed by atoms with Crippen molar-refractivity contribution in [3.63, 3.8) is 0 Å². The molecule has 2 aromatic rings. The molecule has 0 radical (unpaired) electrons. The molecular weight excluding hydrogens is 548 g/mol. The standard InChI is InChI=1S/C31H39ClN2O5S/c1-20-6-5-8-29(35)27-13-10-24(27)18-34-15-4-3-7-22-16-26(32)12-9-25(22)19-39-30-14-11-23(17-28(30)34)31(36)33-40(37,38)21(20)2/h9,11-12,14,16-17,20-21,24,27H,3-8,10,13,15,18-19H2,1-2H3,(H,33,36)/t20-,21+,24-,27+/m0/s1. The monoisotopic (exact) mass is 586 g/mol. The fraction of sp³-hybridized carbons (Fsp3) is 0.548. The molecule has 2 aromatic carbocycles. The van der Waals surface area contributed by atoms with Gasteiger partial charge in [0.25, 0.3) is 5.91 Å². The van der Waals surface area contributed by atoms with Gasteiger partial charge in [0.05, 0.1) is 10.9 Å². The number of carbonyl (C=O) groups excluding carboxylic acids is 2. The molecule has 2 aliphatic heterocycles. The first-order valence-electron chi connectivity index (χ1n) is 14.5. The van der Waals surface area contributed by atoms with Crippen molar-refractivity contribution in [1.82, 2.24) is 4.72 Å². The molecular formula is C31H39ClN2O5S. The molecule has 7 nitrogen and oxygen atoms in total. The van der Waals surface area contributed by atoms with Crippen LogP contribution in [0.3, 0.4) is 0 Å². The van der Waals surface area contributed by atoms with Crippen molar-refractivity contribution in [3.05, 3.63) is 58.1 Å².